The minimum atomic E-state index is 0.0146. The topological polar surface area (TPSA) is 54.0 Å². The zero-order chi connectivity index (χ0) is 22.2. The maximum atomic E-state index is 12.1. The second-order valence-corrected chi connectivity index (χ2v) is 8.62. The van der Waals surface area contributed by atoms with Gasteiger partial charge in [0.15, 0.2) is 0 Å². The van der Waals surface area contributed by atoms with E-state index in [0.29, 0.717) is 13.2 Å². The molecule has 0 spiro atoms. The maximum Gasteiger partial charge on any atom is 0.261 e. The highest BCUT2D eigenvalue weighted by molar-refractivity contribution is 7.12. The van der Waals surface area contributed by atoms with Gasteiger partial charge in [0.25, 0.3) is 5.91 Å². The SMILES string of the molecule is COc1cccc(COc2ccccc2N2CCN(CCNC(=O)c3cccs3)CC2)c1. The van der Waals surface area contributed by atoms with E-state index in [1.807, 2.05) is 53.9 Å². The van der Waals surface area contributed by atoms with Crippen LogP contribution < -0.4 is 19.7 Å². The lowest BCUT2D eigenvalue weighted by Crippen LogP contribution is -2.48. The van der Waals surface area contributed by atoms with Crippen molar-refractivity contribution in [2.45, 2.75) is 6.61 Å². The number of methoxy groups -OCH3 is 1. The van der Waals surface area contributed by atoms with Crippen molar-refractivity contribution >= 4 is 22.9 Å². The molecular formula is C25H29N3O3S. The number of amides is 1. The Kier molecular flexibility index (Phi) is 7.64. The molecule has 0 atom stereocenters. The van der Waals surface area contributed by atoms with Crippen LogP contribution in [0.3, 0.4) is 0 Å². The first-order valence-electron chi connectivity index (χ1n) is 10.9. The number of rotatable bonds is 9. The van der Waals surface area contributed by atoms with E-state index in [9.17, 15) is 4.79 Å². The van der Waals surface area contributed by atoms with Crippen LogP contribution in [0.4, 0.5) is 5.69 Å². The Morgan fingerprint density at radius 1 is 1.03 bits per heavy atom. The number of anilines is 1. The van der Waals surface area contributed by atoms with Crippen molar-refractivity contribution in [1.29, 1.82) is 0 Å². The Morgan fingerprint density at radius 2 is 1.88 bits per heavy atom. The second-order valence-electron chi connectivity index (χ2n) is 7.67. The summed E-state index contributed by atoms with van der Waals surface area (Å²) in [4.78, 5) is 17.6. The van der Waals surface area contributed by atoms with Crippen LogP contribution in [0.5, 0.6) is 11.5 Å². The molecule has 4 rings (SSSR count). The van der Waals surface area contributed by atoms with Gasteiger partial charge in [-0.05, 0) is 41.3 Å². The third-order valence-electron chi connectivity index (χ3n) is 5.57. The molecule has 0 radical (unpaired) electrons. The molecule has 0 bridgehead atoms. The van der Waals surface area contributed by atoms with E-state index in [2.05, 4.69) is 27.2 Å². The van der Waals surface area contributed by atoms with Gasteiger partial charge in [-0.1, -0.05) is 30.3 Å². The molecule has 0 saturated carbocycles. The fraction of sp³-hybridized carbons (Fsp3) is 0.320. The van der Waals surface area contributed by atoms with Gasteiger partial charge in [-0.25, -0.2) is 0 Å². The van der Waals surface area contributed by atoms with Crippen LogP contribution in [-0.2, 0) is 6.61 Å². The standard InChI is InChI=1S/C25H29N3O3S/c1-30-21-7-4-6-20(18-21)19-31-23-9-3-2-8-22(23)28-15-13-27(14-16-28)12-11-26-25(29)24-10-5-17-32-24/h2-10,17-18H,11-16,19H2,1H3,(H,26,29). The highest BCUT2D eigenvalue weighted by atomic mass is 32.1. The van der Waals surface area contributed by atoms with Crippen molar-refractivity contribution in [1.82, 2.24) is 10.2 Å². The van der Waals surface area contributed by atoms with Crippen LogP contribution >= 0.6 is 11.3 Å². The third-order valence-corrected chi connectivity index (χ3v) is 6.43. The first-order valence-corrected chi connectivity index (χ1v) is 11.7. The van der Waals surface area contributed by atoms with Crippen LogP contribution in [-0.4, -0.2) is 57.2 Å². The van der Waals surface area contributed by atoms with E-state index in [1.165, 1.54) is 11.3 Å². The molecule has 0 aliphatic carbocycles. The number of piperazine rings is 1. The number of carbonyl (C=O) groups excluding carboxylic acids is 1. The van der Waals surface area contributed by atoms with Gasteiger partial charge in [-0.2, -0.15) is 0 Å². The van der Waals surface area contributed by atoms with Crippen molar-refractivity contribution in [2.24, 2.45) is 0 Å². The lowest BCUT2D eigenvalue weighted by molar-refractivity contribution is 0.0952. The summed E-state index contributed by atoms with van der Waals surface area (Å²) in [5.74, 6) is 1.75. The molecule has 168 valence electrons. The van der Waals surface area contributed by atoms with Crippen molar-refractivity contribution in [3.8, 4) is 11.5 Å². The molecule has 32 heavy (non-hydrogen) atoms. The normalized spacial score (nSPS) is 14.2. The molecule has 7 heteroatoms. The molecule has 1 amide bonds. The van der Waals surface area contributed by atoms with Crippen molar-refractivity contribution in [2.75, 3.05) is 51.3 Å². The van der Waals surface area contributed by atoms with Crippen molar-refractivity contribution < 1.29 is 14.3 Å². The Balaban J connectivity index is 1.26. The fourth-order valence-corrected chi connectivity index (χ4v) is 4.44. The Labute approximate surface area is 193 Å². The van der Waals surface area contributed by atoms with E-state index in [-0.39, 0.29) is 5.91 Å². The molecule has 1 N–H and O–H groups in total. The number of hydrogen-bond acceptors (Lipinski definition) is 6. The van der Waals surface area contributed by atoms with E-state index in [4.69, 9.17) is 9.47 Å². The number of thiophene rings is 1. The molecule has 1 aliphatic rings. The van der Waals surface area contributed by atoms with Crippen LogP contribution in [0, 0.1) is 0 Å². The number of carbonyl (C=O) groups is 1. The number of ether oxygens (including phenoxy) is 2. The van der Waals surface area contributed by atoms with Gasteiger partial charge in [0.2, 0.25) is 0 Å². The van der Waals surface area contributed by atoms with E-state index in [0.717, 1.165) is 60.4 Å². The Bertz CT molecular complexity index is 1000. The predicted molar refractivity (Wildman–Crippen MR) is 129 cm³/mol. The van der Waals surface area contributed by atoms with Crippen molar-refractivity contribution in [3.63, 3.8) is 0 Å². The lowest BCUT2D eigenvalue weighted by Gasteiger charge is -2.36. The third kappa shape index (κ3) is 5.81. The molecule has 1 fully saturated rings. The van der Waals surface area contributed by atoms with E-state index < -0.39 is 0 Å². The summed E-state index contributed by atoms with van der Waals surface area (Å²) >= 11 is 1.47. The Hall–Kier alpha value is -3.03. The molecular weight excluding hydrogens is 422 g/mol. The predicted octanol–water partition coefficient (Wildman–Crippen LogP) is 3.89. The number of hydrogen-bond donors (Lipinski definition) is 1. The number of nitrogens with one attached hydrogen (secondary N) is 1. The van der Waals surface area contributed by atoms with Crippen LogP contribution in [0.1, 0.15) is 15.2 Å². The smallest absolute Gasteiger partial charge is 0.261 e. The number of para-hydroxylation sites is 2. The Morgan fingerprint density at radius 3 is 2.66 bits per heavy atom. The minimum absolute atomic E-state index is 0.0146. The van der Waals surface area contributed by atoms with Gasteiger partial charge in [-0.3, -0.25) is 9.69 Å². The zero-order valence-corrected chi connectivity index (χ0v) is 19.1. The van der Waals surface area contributed by atoms with Gasteiger partial charge in [0.1, 0.15) is 18.1 Å². The second kappa shape index (κ2) is 11.0. The summed E-state index contributed by atoms with van der Waals surface area (Å²) in [6.07, 6.45) is 0. The van der Waals surface area contributed by atoms with Gasteiger partial charge >= 0.3 is 0 Å². The van der Waals surface area contributed by atoms with Crippen LogP contribution in [0.2, 0.25) is 0 Å². The maximum absolute atomic E-state index is 12.1. The summed E-state index contributed by atoms with van der Waals surface area (Å²) in [6.45, 7) is 5.79. The largest absolute Gasteiger partial charge is 0.497 e. The molecule has 2 heterocycles. The summed E-state index contributed by atoms with van der Waals surface area (Å²) < 4.78 is 11.5. The summed E-state index contributed by atoms with van der Waals surface area (Å²) in [5.41, 5.74) is 2.20. The van der Waals surface area contributed by atoms with Crippen LogP contribution in [0.15, 0.2) is 66.0 Å². The highest BCUT2D eigenvalue weighted by Gasteiger charge is 2.20. The minimum Gasteiger partial charge on any atom is -0.497 e. The molecule has 2 aromatic carbocycles. The zero-order valence-electron chi connectivity index (χ0n) is 18.3. The first-order chi connectivity index (χ1) is 15.7. The van der Waals surface area contributed by atoms with Gasteiger partial charge in [0, 0.05) is 39.3 Å². The summed E-state index contributed by atoms with van der Waals surface area (Å²) in [6, 6.07) is 19.9. The highest BCUT2D eigenvalue weighted by Crippen LogP contribution is 2.29. The number of benzene rings is 2. The molecule has 1 aliphatic heterocycles. The average Bonchev–Trinajstić information content (AvgIpc) is 3.39. The van der Waals surface area contributed by atoms with Crippen molar-refractivity contribution in [3.05, 3.63) is 76.5 Å². The number of nitrogens with zero attached hydrogens (tertiary/aromatic N) is 2. The van der Waals surface area contributed by atoms with E-state index >= 15 is 0 Å². The molecule has 1 saturated heterocycles. The monoisotopic (exact) mass is 451 g/mol. The first kappa shape index (κ1) is 22.2. The average molecular weight is 452 g/mol. The molecule has 3 aromatic rings. The fourth-order valence-electron chi connectivity index (χ4n) is 3.80. The molecule has 1 aromatic heterocycles. The molecule has 6 nitrogen and oxygen atoms in total. The summed E-state index contributed by atoms with van der Waals surface area (Å²) in [7, 11) is 1.67. The van der Waals surface area contributed by atoms with E-state index in [1.54, 1.807) is 7.11 Å². The van der Waals surface area contributed by atoms with Gasteiger partial charge in [-0.15, -0.1) is 11.3 Å². The van der Waals surface area contributed by atoms with Crippen LogP contribution in [0.25, 0.3) is 0 Å². The van der Waals surface area contributed by atoms with Gasteiger partial charge in [0.05, 0.1) is 17.7 Å². The molecule has 0 unspecified atom stereocenters. The van der Waals surface area contributed by atoms with Gasteiger partial charge < -0.3 is 19.7 Å². The lowest BCUT2D eigenvalue weighted by atomic mass is 10.2. The quantitative estimate of drug-likeness (QED) is 0.535. The summed E-state index contributed by atoms with van der Waals surface area (Å²) in [5, 5.41) is 4.94.